The summed E-state index contributed by atoms with van der Waals surface area (Å²) in [4.78, 5) is 11.9. The summed E-state index contributed by atoms with van der Waals surface area (Å²) in [5.41, 5.74) is 2.29. The Morgan fingerprint density at radius 1 is 1.33 bits per heavy atom. The molecule has 1 heterocycles. The average Bonchev–Trinajstić information content (AvgIpc) is 2.97. The van der Waals surface area contributed by atoms with Gasteiger partial charge in [-0.25, -0.2) is 4.79 Å². The van der Waals surface area contributed by atoms with Crippen LogP contribution in [0.5, 0.6) is 0 Å². The molecule has 5 heteroatoms. The van der Waals surface area contributed by atoms with Gasteiger partial charge in [-0.3, -0.25) is 4.68 Å². The Bertz CT molecular complexity index is 651. The summed E-state index contributed by atoms with van der Waals surface area (Å²) < 4.78 is 6.97. The van der Waals surface area contributed by atoms with Crippen LogP contribution >= 0.6 is 0 Å². The van der Waals surface area contributed by atoms with Crippen molar-refractivity contribution < 1.29 is 9.53 Å². The zero-order valence-corrected chi connectivity index (χ0v) is 12.1. The highest BCUT2D eigenvalue weighted by atomic mass is 16.5. The number of nitriles is 1. The van der Waals surface area contributed by atoms with Crippen LogP contribution in [0.15, 0.2) is 36.7 Å². The first-order valence-corrected chi connectivity index (χ1v) is 6.76. The first-order valence-electron chi connectivity index (χ1n) is 6.76. The SMILES string of the molecule is CC(C)n1cc(C(=O)OCc2ccc(CC#N)cc2)cn1. The van der Waals surface area contributed by atoms with Crippen molar-refractivity contribution in [2.45, 2.75) is 32.9 Å². The number of benzene rings is 1. The number of carbonyl (C=O) groups is 1. The fraction of sp³-hybridized carbons (Fsp3) is 0.312. The van der Waals surface area contributed by atoms with Crippen molar-refractivity contribution in [3.8, 4) is 6.07 Å². The van der Waals surface area contributed by atoms with E-state index in [1.54, 1.807) is 10.9 Å². The van der Waals surface area contributed by atoms with Crippen molar-refractivity contribution in [3.05, 3.63) is 53.3 Å². The predicted octanol–water partition coefficient (Wildman–Crippen LogP) is 2.89. The van der Waals surface area contributed by atoms with Crippen LogP contribution in [0, 0.1) is 11.3 Å². The summed E-state index contributed by atoms with van der Waals surface area (Å²) in [6, 6.07) is 9.75. The van der Waals surface area contributed by atoms with Crippen molar-refractivity contribution in [2.24, 2.45) is 0 Å². The maximum atomic E-state index is 11.9. The molecule has 0 fully saturated rings. The van der Waals surface area contributed by atoms with E-state index >= 15 is 0 Å². The number of nitrogens with zero attached hydrogens (tertiary/aromatic N) is 3. The van der Waals surface area contributed by atoms with Crippen molar-refractivity contribution >= 4 is 5.97 Å². The smallest absolute Gasteiger partial charge is 0.341 e. The van der Waals surface area contributed by atoms with E-state index in [9.17, 15) is 4.79 Å². The summed E-state index contributed by atoms with van der Waals surface area (Å²) in [5, 5.41) is 12.7. The Labute approximate surface area is 123 Å². The molecule has 0 aliphatic carbocycles. The molecule has 0 atom stereocenters. The number of hydrogen-bond donors (Lipinski definition) is 0. The van der Waals surface area contributed by atoms with E-state index in [1.165, 1.54) is 6.20 Å². The second-order valence-electron chi connectivity index (χ2n) is 5.03. The third-order valence-corrected chi connectivity index (χ3v) is 3.04. The Balaban J connectivity index is 1.92. The molecule has 0 bridgehead atoms. The van der Waals surface area contributed by atoms with Crippen LogP contribution in [0.3, 0.4) is 0 Å². The van der Waals surface area contributed by atoms with Gasteiger partial charge in [0.25, 0.3) is 0 Å². The number of rotatable bonds is 5. The molecule has 2 aromatic rings. The number of esters is 1. The minimum atomic E-state index is -0.386. The third-order valence-electron chi connectivity index (χ3n) is 3.04. The Kier molecular flexibility index (Phi) is 4.72. The molecule has 0 aliphatic rings. The molecular weight excluding hydrogens is 266 g/mol. The van der Waals surface area contributed by atoms with Gasteiger partial charge >= 0.3 is 5.97 Å². The lowest BCUT2D eigenvalue weighted by atomic mass is 10.1. The minimum absolute atomic E-state index is 0.207. The molecule has 108 valence electrons. The maximum absolute atomic E-state index is 11.9. The normalized spacial score (nSPS) is 10.4. The summed E-state index contributed by atoms with van der Waals surface area (Å²) in [6.07, 6.45) is 3.58. The Hall–Kier alpha value is -2.61. The lowest BCUT2D eigenvalue weighted by molar-refractivity contribution is 0.0472. The first-order chi connectivity index (χ1) is 10.1. The predicted molar refractivity (Wildman–Crippen MR) is 77.5 cm³/mol. The Morgan fingerprint density at radius 3 is 2.57 bits per heavy atom. The lowest BCUT2D eigenvalue weighted by Crippen LogP contribution is -2.05. The molecule has 0 radical (unpaired) electrons. The van der Waals surface area contributed by atoms with Crippen LogP contribution in [-0.4, -0.2) is 15.7 Å². The number of ether oxygens (including phenoxy) is 1. The van der Waals surface area contributed by atoms with Gasteiger partial charge in [-0.1, -0.05) is 24.3 Å². The maximum Gasteiger partial charge on any atom is 0.341 e. The van der Waals surface area contributed by atoms with Gasteiger partial charge in [-0.15, -0.1) is 0 Å². The first kappa shape index (κ1) is 14.8. The molecule has 0 saturated carbocycles. The quantitative estimate of drug-likeness (QED) is 0.791. The molecular formula is C16H17N3O2. The van der Waals surface area contributed by atoms with E-state index in [-0.39, 0.29) is 18.6 Å². The molecule has 1 aromatic heterocycles. The van der Waals surface area contributed by atoms with Crippen molar-refractivity contribution in [1.82, 2.24) is 9.78 Å². The number of carbonyl (C=O) groups excluding carboxylic acids is 1. The highest BCUT2D eigenvalue weighted by molar-refractivity contribution is 5.88. The fourth-order valence-electron chi connectivity index (χ4n) is 1.80. The van der Waals surface area contributed by atoms with Crippen molar-refractivity contribution in [3.63, 3.8) is 0 Å². The molecule has 0 spiro atoms. The highest BCUT2D eigenvalue weighted by Gasteiger charge is 2.11. The van der Waals surface area contributed by atoms with Crippen LogP contribution in [0.4, 0.5) is 0 Å². The largest absolute Gasteiger partial charge is 0.457 e. The molecule has 0 saturated heterocycles. The van der Waals surface area contributed by atoms with Crippen LogP contribution in [-0.2, 0) is 17.8 Å². The van der Waals surface area contributed by atoms with E-state index in [1.807, 2.05) is 38.1 Å². The topological polar surface area (TPSA) is 67.9 Å². The minimum Gasteiger partial charge on any atom is -0.457 e. The standard InChI is InChI=1S/C16H17N3O2/c1-12(2)19-10-15(9-18-19)16(20)21-11-14-5-3-13(4-6-14)7-8-17/h3-6,9-10,12H,7,11H2,1-2H3. The number of aromatic nitrogens is 2. The summed E-state index contributed by atoms with van der Waals surface area (Å²) in [5.74, 6) is -0.386. The molecule has 5 nitrogen and oxygen atoms in total. The van der Waals surface area contributed by atoms with Gasteiger partial charge < -0.3 is 4.74 Å². The summed E-state index contributed by atoms with van der Waals surface area (Å²) in [7, 11) is 0. The molecule has 2 rings (SSSR count). The van der Waals surface area contributed by atoms with Gasteiger partial charge in [-0.05, 0) is 25.0 Å². The third kappa shape index (κ3) is 3.93. The van der Waals surface area contributed by atoms with Crippen LogP contribution < -0.4 is 0 Å². The van der Waals surface area contributed by atoms with Crippen molar-refractivity contribution in [2.75, 3.05) is 0 Å². The second-order valence-corrected chi connectivity index (χ2v) is 5.03. The van der Waals surface area contributed by atoms with E-state index in [4.69, 9.17) is 10.00 Å². The zero-order chi connectivity index (χ0) is 15.2. The highest BCUT2D eigenvalue weighted by Crippen LogP contribution is 2.10. The van der Waals surface area contributed by atoms with Gasteiger partial charge in [0.1, 0.15) is 6.61 Å². The second kappa shape index (κ2) is 6.71. The Morgan fingerprint density at radius 2 is 2.00 bits per heavy atom. The monoisotopic (exact) mass is 283 g/mol. The van der Waals surface area contributed by atoms with Gasteiger partial charge in [0.05, 0.1) is 24.3 Å². The molecule has 1 aromatic carbocycles. The van der Waals surface area contributed by atoms with E-state index in [2.05, 4.69) is 11.2 Å². The van der Waals surface area contributed by atoms with Crippen LogP contribution in [0.1, 0.15) is 41.4 Å². The van der Waals surface area contributed by atoms with E-state index in [0.717, 1.165) is 11.1 Å². The summed E-state index contributed by atoms with van der Waals surface area (Å²) in [6.45, 7) is 4.19. The van der Waals surface area contributed by atoms with Gasteiger partial charge in [0, 0.05) is 12.2 Å². The van der Waals surface area contributed by atoms with Gasteiger partial charge in [0.15, 0.2) is 0 Å². The molecule has 21 heavy (non-hydrogen) atoms. The van der Waals surface area contributed by atoms with Crippen LogP contribution in [0.2, 0.25) is 0 Å². The zero-order valence-electron chi connectivity index (χ0n) is 12.1. The summed E-state index contributed by atoms with van der Waals surface area (Å²) >= 11 is 0. The molecule has 0 aliphatic heterocycles. The fourth-order valence-corrected chi connectivity index (χ4v) is 1.80. The van der Waals surface area contributed by atoms with Crippen LogP contribution in [0.25, 0.3) is 0 Å². The van der Waals surface area contributed by atoms with E-state index < -0.39 is 0 Å². The van der Waals surface area contributed by atoms with Crippen molar-refractivity contribution in [1.29, 1.82) is 5.26 Å². The van der Waals surface area contributed by atoms with E-state index in [0.29, 0.717) is 12.0 Å². The number of hydrogen-bond acceptors (Lipinski definition) is 4. The van der Waals surface area contributed by atoms with Gasteiger partial charge in [0.2, 0.25) is 0 Å². The molecule has 0 amide bonds. The molecule has 0 unspecified atom stereocenters. The molecule has 0 N–H and O–H groups in total. The average molecular weight is 283 g/mol. The lowest BCUT2D eigenvalue weighted by Gasteiger charge is -2.05. The van der Waals surface area contributed by atoms with Gasteiger partial charge in [-0.2, -0.15) is 10.4 Å².